The van der Waals surface area contributed by atoms with Gasteiger partial charge in [0.2, 0.25) is 0 Å². The number of aromatic nitrogens is 2. The fourth-order valence-electron chi connectivity index (χ4n) is 2.64. The molecule has 0 bridgehead atoms. The molecule has 1 amide bonds. The Morgan fingerprint density at radius 3 is 2.92 bits per heavy atom. The molecule has 2 aromatic rings. The summed E-state index contributed by atoms with van der Waals surface area (Å²) in [6, 6.07) is 8.82. The van der Waals surface area contributed by atoms with Crippen LogP contribution in [0.25, 0.3) is 0 Å². The molecular formula is C18H23N5O3. The lowest BCUT2D eigenvalue weighted by atomic mass is 10.3. The van der Waals surface area contributed by atoms with E-state index >= 15 is 0 Å². The van der Waals surface area contributed by atoms with Gasteiger partial charge in [-0.2, -0.15) is 0 Å². The second-order valence-electron chi connectivity index (χ2n) is 5.86. The van der Waals surface area contributed by atoms with Crippen molar-refractivity contribution in [2.24, 2.45) is 0 Å². The summed E-state index contributed by atoms with van der Waals surface area (Å²) in [6.07, 6.45) is 1.39. The van der Waals surface area contributed by atoms with Crippen LogP contribution in [0.15, 0.2) is 36.7 Å². The maximum Gasteiger partial charge on any atom is 0.274 e. The van der Waals surface area contributed by atoms with Crippen molar-refractivity contribution in [2.45, 2.75) is 0 Å². The number of rotatable bonds is 7. The topological polar surface area (TPSA) is 88.6 Å². The van der Waals surface area contributed by atoms with Gasteiger partial charge in [0.25, 0.3) is 5.91 Å². The maximum atomic E-state index is 12.4. The summed E-state index contributed by atoms with van der Waals surface area (Å²) in [6.45, 7) is 5.09. The number of hydrogen-bond acceptors (Lipinski definition) is 7. The second-order valence-corrected chi connectivity index (χ2v) is 5.86. The highest BCUT2D eigenvalue weighted by atomic mass is 16.5. The number of nitrogens with zero attached hydrogens (tertiary/aromatic N) is 3. The highest BCUT2D eigenvalue weighted by Gasteiger charge is 2.11. The average molecular weight is 357 g/mol. The molecule has 2 N–H and O–H groups in total. The number of morpholine rings is 1. The second kappa shape index (κ2) is 9.12. The number of methoxy groups -OCH3 is 1. The third-order valence-corrected chi connectivity index (χ3v) is 4.07. The first-order chi connectivity index (χ1) is 12.7. The van der Waals surface area contributed by atoms with Crippen LogP contribution < -0.4 is 15.4 Å². The molecule has 3 rings (SSSR count). The van der Waals surface area contributed by atoms with Gasteiger partial charge in [-0.3, -0.25) is 9.69 Å². The monoisotopic (exact) mass is 357 g/mol. The SMILES string of the molecule is COc1cccc(NC(=O)c2cc(NCCN3CCOCC3)ncn2)c1. The number of ether oxygens (including phenoxy) is 2. The van der Waals surface area contributed by atoms with E-state index in [1.54, 1.807) is 25.3 Å². The van der Waals surface area contributed by atoms with E-state index in [-0.39, 0.29) is 5.91 Å². The Hall–Kier alpha value is -2.71. The molecule has 1 fully saturated rings. The van der Waals surface area contributed by atoms with Crippen molar-refractivity contribution in [3.8, 4) is 5.75 Å². The van der Waals surface area contributed by atoms with E-state index in [9.17, 15) is 4.79 Å². The smallest absolute Gasteiger partial charge is 0.274 e. The van der Waals surface area contributed by atoms with Crippen molar-refractivity contribution in [2.75, 3.05) is 57.1 Å². The molecule has 26 heavy (non-hydrogen) atoms. The minimum Gasteiger partial charge on any atom is -0.497 e. The zero-order valence-corrected chi connectivity index (χ0v) is 14.8. The number of carbonyl (C=O) groups is 1. The van der Waals surface area contributed by atoms with Crippen LogP contribution in [0.2, 0.25) is 0 Å². The van der Waals surface area contributed by atoms with Gasteiger partial charge in [0, 0.05) is 44.0 Å². The highest BCUT2D eigenvalue weighted by Crippen LogP contribution is 2.17. The molecule has 1 aromatic carbocycles. The molecule has 0 spiro atoms. The molecule has 2 heterocycles. The lowest BCUT2D eigenvalue weighted by Gasteiger charge is -2.26. The van der Waals surface area contributed by atoms with Gasteiger partial charge in [0.05, 0.1) is 20.3 Å². The minimum atomic E-state index is -0.295. The van der Waals surface area contributed by atoms with Crippen LogP contribution >= 0.6 is 0 Å². The van der Waals surface area contributed by atoms with Crippen LogP contribution in [0.4, 0.5) is 11.5 Å². The van der Waals surface area contributed by atoms with E-state index in [4.69, 9.17) is 9.47 Å². The van der Waals surface area contributed by atoms with Crippen molar-refractivity contribution < 1.29 is 14.3 Å². The van der Waals surface area contributed by atoms with Crippen molar-refractivity contribution in [1.29, 1.82) is 0 Å². The summed E-state index contributed by atoms with van der Waals surface area (Å²) in [5.41, 5.74) is 0.950. The molecular weight excluding hydrogens is 334 g/mol. The lowest BCUT2D eigenvalue weighted by Crippen LogP contribution is -2.39. The number of anilines is 2. The van der Waals surface area contributed by atoms with Gasteiger partial charge < -0.3 is 20.1 Å². The van der Waals surface area contributed by atoms with E-state index in [2.05, 4.69) is 25.5 Å². The van der Waals surface area contributed by atoms with Crippen LogP contribution in [0.5, 0.6) is 5.75 Å². The van der Waals surface area contributed by atoms with Crippen molar-refractivity contribution >= 4 is 17.4 Å². The molecule has 8 heteroatoms. The van der Waals surface area contributed by atoms with Gasteiger partial charge in [-0.1, -0.05) is 6.07 Å². The Morgan fingerprint density at radius 1 is 1.27 bits per heavy atom. The van der Waals surface area contributed by atoms with Crippen LogP contribution in [-0.4, -0.2) is 67.3 Å². The molecule has 0 unspecified atom stereocenters. The molecule has 1 aliphatic heterocycles. The standard InChI is InChI=1S/C18H23N5O3/c1-25-15-4-2-3-14(11-15)22-18(24)16-12-17(21-13-20-16)19-5-6-23-7-9-26-10-8-23/h2-4,11-13H,5-10H2,1H3,(H,22,24)(H,19,20,21). The van der Waals surface area contributed by atoms with Crippen molar-refractivity contribution in [3.63, 3.8) is 0 Å². The third kappa shape index (κ3) is 5.14. The average Bonchev–Trinajstić information content (AvgIpc) is 2.69. The maximum absolute atomic E-state index is 12.4. The first-order valence-electron chi connectivity index (χ1n) is 8.56. The molecule has 138 valence electrons. The Kier molecular flexibility index (Phi) is 6.34. The first-order valence-corrected chi connectivity index (χ1v) is 8.56. The van der Waals surface area contributed by atoms with Crippen molar-refractivity contribution in [3.05, 3.63) is 42.4 Å². The molecule has 0 radical (unpaired) electrons. The van der Waals surface area contributed by atoms with Gasteiger partial charge in [-0.05, 0) is 12.1 Å². The number of amides is 1. The minimum absolute atomic E-state index is 0.295. The first kappa shape index (κ1) is 18.1. The fourth-order valence-corrected chi connectivity index (χ4v) is 2.64. The van der Waals surface area contributed by atoms with Crippen LogP contribution in [0, 0.1) is 0 Å². The van der Waals surface area contributed by atoms with Gasteiger partial charge >= 0.3 is 0 Å². The summed E-state index contributed by atoms with van der Waals surface area (Å²) >= 11 is 0. The number of nitrogens with one attached hydrogen (secondary N) is 2. The molecule has 1 saturated heterocycles. The Bertz CT molecular complexity index is 734. The summed E-state index contributed by atoms with van der Waals surface area (Å²) < 4.78 is 10.5. The van der Waals surface area contributed by atoms with E-state index in [0.29, 0.717) is 22.9 Å². The van der Waals surface area contributed by atoms with Crippen LogP contribution in [0.1, 0.15) is 10.5 Å². The van der Waals surface area contributed by atoms with Gasteiger partial charge in [0.1, 0.15) is 23.6 Å². The largest absolute Gasteiger partial charge is 0.497 e. The van der Waals surface area contributed by atoms with Crippen LogP contribution in [0.3, 0.4) is 0 Å². The number of benzene rings is 1. The molecule has 0 aliphatic carbocycles. The van der Waals surface area contributed by atoms with Gasteiger partial charge in [0.15, 0.2) is 0 Å². The summed E-state index contributed by atoms with van der Waals surface area (Å²) in [7, 11) is 1.58. The van der Waals surface area contributed by atoms with E-state index in [1.165, 1.54) is 6.33 Å². The quantitative estimate of drug-likeness (QED) is 0.776. The predicted octanol–water partition coefficient (Wildman–Crippen LogP) is 1.48. The summed E-state index contributed by atoms with van der Waals surface area (Å²) in [5, 5.41) is 6.04. The molecule has 0 atom stereocenters. The Labute approximate surface area is 152 Å². The normalized spacial score (nSPS) is 14.7. The Balaban J connectivity index is 1.54. The van der Waals surface area contributed by atoms with Gasteiger partial charge in [-0.15, -0.1) is 0 Å². The van der Waals surface area contributed by atoms with Crippen LogP contribution in [-0.2, 0) is 4.74 Å². The number of carbonyl (C=O) groups excluding carboxylic acids is 1. The lowest BCUT2D eigenvalue weighted by molar-refractivity contribution is 0.0398. The molecule has 8 nitrogen and oxygen atoms in total. The van der Waals surface area contributed by atoms with E-state index in [1.807, 2.05) is 12.1 Å². The van der Waals surface area contributed by atoms with E-state index in [0.717, 1.165) is 39.4 Å². The Morgan fingerprint density at radius 2 is 2.12 bits per heavy atom. The van der Waals surface area contributed by atoms with Crippen molar-refractivity contribution in [1.82, 2.24) is 14.9 Å². The summed E-state index contributed by atoms with van der Waals surface area (Å²) in [4.78, 5) is 23.0. The molecule has 1 aliphatic rings. The van der Waals surface area contributed by atoms with Gasteiger partial charge in [-0.25, -0.2) is 9.97 Å². The predicted molar refractivity (Wildman–Crippen MR) is 98.7 cm³/mol. The van der Waals surface area contributed by atoms with E-state index < -0.39 is 0 Å². The number of hydrogen-bond donors (Lipinski definition) is 2. The zero-order chi connectivity index (χ0) is 18.2. The molecule has 0 saturated carbocycles. The highest BCUT2D eigenvalue weighted by molar-refractivity contribution is 6.03. The zero-order valence-electron chi connectivity index (χ0n) is 14.8. The summed E-state index contributed by atoms with van der Waals surface area (Å²) in [5.74, 6) is 1.01. The molecule has 1 aromatic heterocycles. The third-order valence-electron chi connectivity index (χ3n) is 4.07. The fraction of sp³-hybridized carbons (Fsp3) is 0.389.